The Labute approximate surface area is 148 Å². The molecule has 4 aromatic rings. The van der Waals surface area contributed by atoms with Crippen LogP contribution in [0, 0.1) is 5.82 Å². The van der Waals surface area contributed by atoms with E-state index >= 15 is 0 Å². The van der Waals surface area contributed by atoms with Gasteiger partial charge in [0.1, 0.15) is 12.4 Å². The van der Waals surface area contributed by atoms with Gasteiger partial charge in [-0.25, -0.2) is 9.37 Å². The number of aromatic nitrogens is 4. The summed E-state index contributed by atoms with van der Waals surface area (Å²) in [6, 6.07) is 8.76. The molecule has 0 aliphatic rings. The lowest BCUT2D eigenvalue weighted by Gasteiger charge is -2.08. The fraction of sp³-hybridized carbons (Fsp3) is 0.211. The molecule has 2 heterocycles. The van der Waals surface area contributed by atoms with Crippen LogP contribution in [0.1, 0.15) is 6.92 Å². The van der Waals surface area contributed by atoms with Crippen molar-refractivity contribution in [2.75, 3.05) is 6.61 Å². The molecular weight excluding hydrogens is 335 g/mol. The summed E-state index contributed by atoms with van der Waals surface area (Å²) in [7, 11) is 1.82. The monoisotopic (exact) mass is 352 g/mol. The van der Waals surface area contributed by atoms with E-state index in [1.807, 2.05) is 25.2 Å². The number of aryl methyl sites for hydroxylation is 1. The van der Waals surface area contributed by atoms with Crippen LogP contribution >= 0.6 is 0 Å². The molecule has 0 atom stereocenters. The Morgan fingerprint density at radius 1 is 1.23 bits per heavy atom. The number of benzene rings is 2. The predicted octanol–water partition coefficient (Wildman–Crippen LogP) is 3.29. The standard InChI is InChI=1S/C19H17FN4O2/c1-3-26-18(25)10-24-11-21-19-13(5-4-6-16(19)24)14-8-17-12(7-15(14)20)9-22-23(17)2/h4-9,11H,3,10H2,1-2H3. The number of fused-ring (bicyclic) bond motifs is 2. The largest absolute Gasteiger partial charge is 0.465 e. The molecule has 0 unspecified atom stereocenters. The fourth-order valence-corrected chi connectivity index (χ4v) is 3.16. The van der Waals surface area contributed by atoms with Crippen molar-refractivity contribution in [2.45, 2.75) is 13.5 Å². The number of ether oxygens (including phenoxy) is 1. The molecule has 0 saturated heterocycles. The minimum absolute atomic E-state index is 0.0665. The van der Waals surface area contributed by atoms with Gasteiger partial charge in [-0.15, -0.1) is 0 Å². The molecule has 0 spiro atoms. The van der Waals surface area contributed by atoms with E-state index in [1.165, 1.54) is 6.07 Å². The van der Waals surface area contributed by atoms with E-state index < -0.39 is 0 Å². The molecule has 2 aromatic heterocycles. The van der Waals surface area contributed by atoms with Gasteiger partial charge < -0.3 is 9.30 Å². The van der Waals surface area contributed by atoms with Gasteiger partial charge in [-0.05, 0) is 25.1 Å². The number of hydrogen-bond acceptors (Lipinski definition) is 4. The Bertz CT molecular complexity index is 1130. The summed E-state index contributed by atoms with van der Waals surface area (Å²) >= 11 is 0. The zero-order valence-corrected chi connectivity index (χ0v) is 14.4. The van der Waals surface area contributed by atoms with Gasteiger partial charge in [0.15, 0.2) is 0 Å². The van der Waals surface area contributed by atoms with E-state index in [4.69, 9.17) is 4.74 Å². The molecule has 0 amide bonds. The molecule has 0 saturated carbocycles. The number of rotatable bonds is 4. The van der Waals surface area contributed by atoms with Crippen molar-refractivity contribution in [1.29, 1.82) is 0 Å². The second-order valence-electron chi connectivity index (χ2n) is 6.01. The van der Waals surface area contributed by atoms with Gasteiger partial charge in [-0.1, -0.05) is 12.1 Å². The van der Waals surface area contributed by atoms with Crippen molar-refractivity contribution in [1.82, 2.24) is 19.3 Å². The number of hydrogen-bond donors (Lipinski definition) is 0. The third-order valence-electron chi connectivity index (χ3n) is 4.38. The lowest BCUT2D eigenvalue weighted by Crippen LogP contribution is -2.12. The Balaban J connectivity index is 1.85. The van der Waals surface area contributed by atoms with Crippen LogP contribution in [0.2, 0.25) is 0 Å². The lowest BCUT2D eigenvalue weighted by atomic mass is 10.0. The number of carbonyl (C=O) groups excluding carboxylic acids is 1. The second kappa shape index (κ2) is 6.25. The van der Waals surface area contributed by atoms with Crippen LogP contribution in [0.5, 0.6) is 0 Å². The maximum Gasteiger partial charge on any atom is 0.325 e. The average Bonchev–Trinajstić information content (AvgIpc) is 3.18. The second-order valence-corrected chi connectivity index (χ2v) is 6.01. The molecule has 0 fully saturated rings. The Hall–Kier alpha value is -3.22. The minimum Gasteiger partial charge on any atom is -0.465 e. The normalized spacial score (nSPS) is 11.3. The lowest BCUT2D eigenvalue weighted by molar-refractivity contribution is -0.143. The van der Waals surface area contributed by atoms with E-state index in [0.717, 1.165) is 16.4 Å². The van der Waals surface area contributed by atoms with Crippen molar-refractivity contribution >= 4 is 27.9 Å². The SMILES string of the molecule is CCOC(=O)Cn1cnc2c(-c3cc4c(cnn4C)cc3F)cccc21. The van der Waals surface area contributed by atoms with E-state index in [9.17, 15) is 9.18 Å². The smallest absolute Gasteiger partial charge is 0.325 e. The predicted molar refractivity (Wildman–Crippen MR) is 96.0 cm³/mol. The highest BCUT2D eigenvalue weighted by Crippen LogP contribution is 2.32. The molecule has 6 nitrogen and oxygen atoms in total. The van der Waals surface area contributed by atoms with Gasteiger partial charge in [-0.2, -0.15) is 5.10 Å². The van der Waals surface area contributed by atoms with Crippen molar-refractivity contribution < 1.29 is 13.9 Å². The van der Waals surface area contributed by atoms with Crippen LogP contribution in [-0.2, 0) is 23.1 Å². The molecule has 0 N–H and O–H groups in total. The first-order valence-electron chi connectivity index (χ1n) is 8.29. The van der Waals surface area contributed by atoms with E-state index in [2.05, 4.69) is 10.1 Å². The van der Waals surface area contributed by atoms with E-state index in [1.54, 1.807) is 34.8 Å². The summed E-state index contributed by atoms with van der Waals surface area (Å²) < 4.78 is 23.1. The third kappa shape index (κ3) is 2.61. The van der Waals surface area contributed by atoms with Crippen molar-refractivity contribution in [3.63, 3.8) is 0 Å². The fourth-order valence-electron chi connectivity index (χ4n) is 3.16. The number of para-hydroxylation sites is 1. The minimum atomic E-state index is -0.335. The summed E-state index contributed by atoms with van der Waals surface area (Å²) in [5.74, 6) is -0.669. The van der Waals surface area contributed by atoms with Crippen LogP contribution in [0.3, 0.4) is 0 Å². The maximum atomic E-state index is 14.7. The maximum absolute atomic E-state index is 14.7. The Kier molecular flexibility index (Phi) is 3.91. The van der Waals surface area contributed by atoms with Gasteiger partial charge in [0.25, 0.3) is 0 Å². The summed E-state index contributed by atoms with van der Waals surface area (Å²) in [4.78, 5) is 16.2. The summed E-state index contributed by atoms with van der Waals surface area (Å²) in [5, 5.41) is 4.91. The topological polar surface area (TPSA) is 61.9 Å². The zero-order valence-electron chi connectivity index (χ0n) is 14.4. The van der Waals surface area contributed by atoms with Gasteiger partial charge in [0.05, 0.1) is 35.7 Å². The highest BCUT2D eigenvalue weighted by Gasteiger charge is 2.16. The molecule has 132 valence electrons. The molecule has 7 heteroatoms. The van der Waals surface area contributed by atoms with Crippen molar-refractivity contribution in [3.05, 3.63) is 48.7 Å². The molecule has 0 aliphatic carbocycles. The number of imidazole rings is 1. The quantitative estimate of drug-likeness (QED) is 0.529. The van der Waals surface area contributed by atoms with Crippen LogP contribution in [0.4, 0.5) is 4.39 Å². The van der Waals surface area contributed by atoms with Gasteiger partial charge in [-0.3, -0.25) is 9.48 Å². The van der Waals surface area contributed by atoms with E-state index in [0.29, 0.717) is 23.3 Å². The molecule has 26 heavy (non-hydrogen) atoms. The van der Waals surface area contributed by atoms with Crippen LogP contribution in [0.25, 0.3) is 33.1 Å². The Morgan fingerprint density at radius 3 is 2.88 bits per heavy atom. The molecule has 0 aliphatic heterocycles. The van der Waals surface area contributed by atoms with Crippen LogP contribution < -0.4 is 0 Å². The van der Waals surface area contributed by atoms with Crippen molar-refractivity contribution in [3.8, 4) is 11.1 Å². The zero-order chi connectivity index (χ0) is 18.3. The van der Waals surface area contributed by atoms with Crippen LogP contribution in [-0.4, -0.2) is 31.9 Å². The number of esters is 1. The average molecular weight is 352 g/mol. The summed E-state index contributed by atoms with van der Waals surface area (Å²) in [6.45, 7) is 2.16. The highest BCUT2D eigenvalue weighted by molar-refractivity contribution is 5.95. The van der Waals surface area contributed by atoms with Gasteiger partial charge >= 0.3 is 5.97 Å². The molecule has 0 bridgehead atoms. The van der Waals surface area contributed by atoms with E-state index in [-0.39, 0.29) is 18.3 Å². The molecule has 4 rings (SSSR count). The third-order valence-corrected chi connectivity index (χ3v) is 4.38. The summed E-state index contributed by atoms with van der Waals surface area (Å²) in [6.07, 6.45) is 3.21. The number of halogens is 1. The molecular formula is C19H17FN4O2. The Morgan fingerprint density at radius 2 is 2.08 bits per heavy atom. The van der Waals surface area contributed by atoms with Crippen molar-refractivity contribution in [2.24, 2.45) is 7.05 Å². The first-order valence-corrected chi connectivity index (χ1v) is 8.29. The van der Waals surface area contributed by atoms with Gasteiger partial charge in [0.2, 0.25) is 0 Å². The molecule has 2 aromatic carbocycles. The van der Waals surface area contributed by atoms with Gasteiger partial charge in [0, 0.05) is 23.6 Å². The first-order chi connectivity index (χ1) is 12.6. The number of carbonyl (C=O) groups is 1. The summed E-state index contributed by atoms with van der Waals surface area (Å²) in [5.41, 5.74) is 3.35. The highest BCUT2D eigenvalue weighted by atomic mass is 19.1. The molecule has 0 radical (unpaired) electrons. The number of nitrogens with zero attached hydrogens (tertiary/aromatic N) is 4. The van der Waals surface area contributed by atoms with Crippen LogP contribution in [0.15, 0.2) is 42.9 Å². The first kappa shape index (κ1) is 16.3.